The van der Waals surface area contributed by atoms with Crippen molar-refractivity contribution >= 4 is 21.4 Å². The molecule has 3 aromatic rings. The van der Waals surface area contributed by atoms with Gasteiger partial charge in [-0.2, -0.15) is 18.3 Å². The molecule has 0 unspecified atom stereocenters. The highest BCUT2D eigenvalue weighted by Gasteiger charge is 2.31. The van der Waals surface area contributed by atoms with Crippen LogP contribution in [-0.2, 0) is 21.8 Å². The van der Waals surface area contributed by atoms with Crippen molar-refractivity contribution in [3.63, 3.8) is 0 Å². The van der Waals surface area contributed by atoms with Crippen LogP contribution < -0.4 is 5.32 Å². The van der Waals surface area contributed by atoms with Crippen LogP contribution in [0, 0.1) is 0 Å². The van der Waals surface area contributed by atoms with Gasteiger partial charge < -0.3 is 5.32 Å². The van der Waals surface area contributed by atoms with E-state index in [-0.39, 0.29) is 22.7 Å². The molecule has 0 aliphatic heterocycles. The third-order valence-electron chi connectivity index (χ3n) is 3.94. The number of amides is 1. The van der Waals surface area contributed by atoms with E-state index in [4.69, 9.17) is 0 Å². The first-order valence-electron chi connectivity index (χ1n) is 8.32. The molecule has 0 bridgehead atoms. The number of sulfone groups is 1. The first-order chi connectivity index (χ1) is 13.5. The first kappa shape index (κ1) is 20.6. The molecule has 0 saturated carbocycles. The molecular weight excluding hydrogens is 407 g/mol. The Labute approximate surface area is 164 Å². The standard InChI is InChI=1S/C19H16F3N3O3S/c1-29(27,28)12-13-4-2-5-14(10-13)18(26)24-16-11-15(19(20,21)22)6-7-17(16)25-9-3-8-23-25/h2-11H,12H2,1H3,(H,24,26). The van der Waals surface area contributed by atoms with E-state index in [2.05, 4.69) is 10.4 Å². The zero-order valence-electron chi connectivity index (χ0n) is 15.1. The Morgan fingerprint density at radius 1 is 1.14 bits per heavy atom. The SMILES string of the molecule is CS(=O)(=O)Cc1cccc(C(=O)Nc2cc(C(F)(F)F)ccc2-n2cccn2)c1. The number of aromatic nitrogens is 2. The van der Waals surface area contributed by atoms with Crippen molar-refractivity contribution in [2.75, 3.05) is 11.6 Å². The highest BCUT2D eigenvalue weighted by Crippen LogP contribution is 2.33. The minimum Gasteiger partial charge on any atom is -0.320 e. The molecule has 29 heavy (non-hydrogen) atoms. The molecule has 0 aliphatic rings. The van der Waals surface area contributed by atoms with Gasteiger partial charge >= 0.3 is 6.18 Å². The van der Waals surface area contributed by atoms with Crippen molar-refractivity contribution in [2.45, 2.75) is 11.9 Å². The van der Waals surface area contributed by atoms with E-state index in [0.29, 0.717) is 5.56 Å². The van der Waals surface area contributed by atoms with Crippen LogP contribution in [0.2, 0.25) is 0 Å². The van der Waals surface area contributed by atoms with Crippen LogP contribution in [0.3, 0.4) is 0 Å². The lowest BCUT2D eigenvalue weighted by Crippen LogP contribution is -2.16. The molecule has 1 amide bonds. The van der Waals surface area contributed by atoms with Crippen LogP contribution in [-0.4, -0.2) is 30.4 Å². The van der Waals surface area contributed by atoms with E-state index in [1.165, 1.54) is 41.3 Å². The number of nitrogens with one attached hydrogen (secondary N) is 1. The summed E-state index contributed by atoms with van der Waals surface area (Å²) >= 11 is 0. The Kier molecular flexibility index (Phi) is 5.47. The Bertz CT molecular complexity index is 1140. The number of anilines is 1. The summed E-state index contributed by atoms with van der Waals surface area (Å²) in [5, 5.41) is 6.46. The van der Waals surface area contributed by atoms with Gasteiger partial charge in [0.15, 0.2) is 9.84 Å². The zero-order valence-corrected chi connectivity index (χ0v) is 16.0. The Balaban J connectivity index is 1.96. The fourth-order valence-electron chi connectivity index (χ4n) is 2.72. The fraction of sp³-hybridized carbons (Fsp3) is 0.158. The second-order valence-corrected chi connectivity index (χ2v) is 8.55. The average molecular weight is 423 g/mol. The molecule has 0 saturated heterocycles. The van der Waals surface area contributed by atoms with Gasteiger partial charge in [0.25, 0.3) is 5.91 Å². The molecule has 3 rings (SSSR count). The molecule has 1 aromatic heterocycles. The smallest absolute Gasteiger partial charge is 0.320 e. The van der Waals surface area contributed by atoms with Crippen LogP contribution in [0.15, 0.2) is 60.9 Å². The lowest BCUT2D eigenvalue weighted by atomic mass is 10.1. The summed E-state index contributed by atoms with van der Waals surface area (Å²) in [4.78, 5) is 12.6. The summed E-state index contributed by atoms with van der Waals surface area (Å²) in [6, 6.07) is 10.4. The number of hydrogen-bond acceptors (Lipinski definition) is 4. The van der Waals surface area contributed by atoms with Gasteiger partial charge in [-0.15, -0.1) is 0 Å². The topological polar surface area (TPSA) is 81.1 Å². The van der Waals surface area contributed by atoms with E-state index in [9.17, 15) is 26.4 Å². The molecule has 0 spiro atoms. The van der Waals surface area contributed by atoms with Crippen molar-refractivity contribution in [1.82, 2.24) is 9.78 Å². The van der Waals surface area contributed by atoms with Crippen molar-refractivity contribution in [3.8, 4) is 5.69 Å². The molecule has 1 N–H and O–H groups in total. The van der Waals surface area contributed by atoms with E-state index in [1.807, 2.05) is 0 Å². The maximum absolute atomic E-state index is 13.1. The Morgan fingerprint density at radius 3 is 2.52 bits per heavy atom. The average Bonchev–Trinajstić information content (AvgIpc) is 3.14. The van der Waals surface area contributed by atoms with E-state index in [0.717, 1.165) is 18.4 Å². The molecule has 152 valence electrons. The van der Waals surface area contributed by atoms with Gasteiger partial charge in [-0.1, -0.05) is 12.1 Å². The predicted octanol–water partition coefficient (Wildman–Crippen LogP) is 3.69. The zero-order chi connectivity index (χ0) is 21.2. The van der Waals surface area contributed by atoms with Crippen LogP contribution in [0.1, 0.15) is 21.5 Å². The summed E-state index contributed by atoms with van der Waals surface area (Å²) < 4.78 is 63.6. The number of nitrogens with zero attached hydrogens (tertiary/aromatic N) is 2. The number of rotatable bonds is 5. The highest BCUT2D eigenvalue weighted by atomic mass is 32.2. The first-order valence-corrected chi connectivity index (χ1v) is 10.4. The molecule has 0 fully saturated rings. The van der Waals surface area contributed by atoms with Crippen LogP contribution in [0.5, 0.6) is 0 Å². The maximum atomic E-state index is 13.1. The van der Waals surface area contributed by atoms with Gasteiger partial charge in [-0.05, 0) is 42.0 Å². The van der Waals surface area contributed by atoms with Gasteiger partial charge in [0.1, 0.15) is 0 Å². The van der Waals surface area contributed by atoms with Crippen LogP contribution >= 0.6 is 0 Å². The third kappa shape index (κ3) is 5.23. The number of alkyl halides is 3. The van der Waals surface area contributed by atoms with Gasteiger partial charge in [-0.25, -0.2) is 13.1 Å². The molecule has 0 atom stereocenters. The number of carbonyl (C=O) groups is 1. The minimum atomic E-state index is -4.59. The normalized spacial score (nSPS) is 12.0. The molecular formula is C19H16F3N3O3S. The fourth-order valence-corrected chi connectivity index (χ4v) is 3.51. The number of benzene rings is 2. The summed E-state index contributed by atoms with van der Waals surface area (Å²) in [6.07, 6.45) is -0.529. The van der Waals surface area contributed by atoms with Crippen molar-refractivity contribution in [2.24, 2.45) is 0 Å². The van der Waals surface area contributed by atoms with Gasteiger partial charge in [0, 0.05) is 24.2 Å². The van der Waals surface area contributed by atoms with Crippen molar-refractivity contribution in [3.05, 3.63) is 77.6 Å². The lowest BCUT2D eigenvalue weighted by Gasteiger charge is -2.15. The van der Waals surface area contributed by atoms with Crippen LogP contribution in [0.4, 0.5) is 18.9 Å². The Morgan fingerprint density at radius 2 is 1.90 bits per heavy atom. The quantitative estimate of drug-likeness (QED) is 0.679. The van der Waals surface area contributed by atoms with E-state index < -0.39 is 27.5 Å². The van der Waals surface area contributed by atoms with Crippen molar-refractivity contribution < 1.29 is 26.4 Å². The van der Waals surface area contributed by atoms with Gasteiger partial charge in [0.2, 0.25) is 0 Å². The molecule has 6 nitrogen and oxygen atoms in total. The molecule has 1 heterocycles. The van der Waals surface area contributed by atoms with Gasteiger partial charge in [-0.3, -0.25) is 4.79 Å². The third-order valence-corrected chi connectivity index (χ3v) is 4.80. The van der Waals surface area contributed by atoms with E-state index in [1.54, 1.807) is 12.1 Å². The summed E-state index contributed by atoms with van der Waals surface area (Å²) in [5.41, 5.74) is -0.230. The molecule has 0 aliphatic carbocycles. The molecule has 0 radical (unpaired) electrons. The maximum Gasteiger partial charge on any atom is 0.416 e. The summed E-state index contributed by atoms with van der Waals surface area (Å²) in [7, 11) is -3.31. The predicted molar refractivity (Wildman–Crippen MR) is 102 cm³/mol. The number of carbonyl (C=O) groups excluding carboxylic acids is 1. The summed E-state index contributed by atoms with van der Waals surface area (Å²) in [5.74, 6) is -0.927. The van der Waals surface area contributed by atoms with Gasteiger partial charge in [0.05, 0.1) is 22.7 Å². The number of halogens is 3. The lowest BCUT2D eigenvalue weighted by molar-refractivity contribution is -0.137. The molecule has 2 aromatic carbocycles. The minimum absolute atomic E-state index is 0.0814. The summed E-state index contributed by atoms with van der Waals surface area (Å²) in [6.45, 7) is 0. The largest absolute Gasteiger partial charge is 0.416 e. The highest BCUT2D eigenvalue weighted by molar-refractivity contribution is 7.89. The number of hydrogen-bond donors (Lipinski definition) is 1. The molecule has 10 heteroatoms. The second-order valence-electron chi connectivity index (χ2n) is 6.40. The second kappa shape index (κ2) is 7.70. The van der Waals surface area contributed by atoms with Crippen molar-refractivity contribution in [1.29, 1.82) is 0 Å². The monoisotopic (exact) mass is 423 g/mol. The van der Waals surface area contributed by atoms with E-state index >= 15 is 0 Å². The van der Waals surface area contributed by atoms with Crippen LogP contribution in [0.25, 0.3) is 5.69 Å². The Hall–Kier alpha value is -3.14.